The third-order valence-electron chi connectivity index (χ3n) is 3.42. The Morgan fingerprint density at radius 1 is 1.42 bits per heavy atom. The maximum Gasteiger partial charge on any atom is 0.299 e. The Bertz CT molecular complexity index is 569. The quantitative estimate of drug-likeness (QED) is 0.783. The Balaban J connectivity index is 1.96. The van der Waals surface area contributed by atoms with E-state index in [4.69, 9.17) is 4.74 Å². The lowest BCUT2D eigenvalue weighted by molar-refractivity contribution is -0.114. The SMILES string of the molecule is O=C1C(=O)N(CC2CCCO2)c2cc(F)c(Br)cc21. The van der Waals surface area contributed by atoms with Crippen molar-refractivity contribution >= 4 is 33.3 Å². The highest BCUT2D eigenvalue weighted by molar-refractivity contribution is 9.10. The van der Waals surface area contributed by atoms with Crippen molar-refractivity contribution in [3.8, 4) is 0 Å². The monoisotopic (exact) mass is 327 g/mol. The van der Waals surface area contributed by atoms with Crippen molar-refractivity contribution in [2.75, 3.05) is 18.1 Å². The zero-order valence-electron chi connectivity index (χ0n) is 9.99. The van der Waals surface area contributed by atoms with E-state index in [1.807, 2.05) is 0 Å². The molecule has 1 aromatic carbocycles. The number of nitrogens with zero attached hydrogens (tertiary/aromatic N) is 1. The average molecular weight is 328 g/mol. The number of carbonyl (C=O) groups excluding carboxylic acids is 2. The molecule has 0 saturated carbocycles. The van der Waals surface area contributed by atoms with Crippen LogP contribution < -0.4 is 4.90 Å². The highest BCUT2D eigenvalue weighted by Crippen LogP contribution is 2.34. The van der Waals surface area contributed by atoms with E-state index in [1.165, 1.54) is 17.0 Å². The van der Waals surface area contributed by atoms with E-state index in [9.17, 15) is 14.0 Å². The second kappa shape index (κ2) is 4.68. The molecule has 6 heteroatoms. The van der Waals surface area contributed by atoms with Gasteiger partial charge in [0.25, 0.3) is 11.7 Å². The third kappa shape index (κ3) is 2.08. The molecule has 19 heavy (non-hydrogen) atoms. The van der Waals surface area contributed by atoms with Crippen molar-refractivity contribution < 1.29 is 18.7 Å². The second-order valence-electron chi connectivity index (χ2n) is 4.66. The molecule has 1 saturated heterocycles. The summed E-state index contributed by atoms with van der Waals surface area (Å²) in [6, 6.07) is 2.58. The zero-order chi connectivity index (χ0) is 13.6. The minimum Gasteiger partial charge on any atom is -0.376 e. The summed E-state index contributed by atoms with van der Waals surface area (Å²) in [6.07, 6.45) is 1.73. The summed E-state index contributed by atoms with van der Waals surface area (Å²) in [6.45, 7) is 0.973. The number of hydrogen-bond donors (Lipinski definition) is 0. The lowest BCUT2D eigenvalue weighted by atomic mass is 10.1. The largest absolute Gasteiger partial charge is 0.376 e. The van der Waals surface area contributed by atoms with Crippen LogP contribution >= 0.6 is 15.9 Å². The highest BCUT2D eigenvalue weighted by Gasteiger charge is 2.38. The average Bonchev–Trinajstić information content (AvgIpc) is 2.96. The van der Waals surface area contributed by atoms with Crippen molar-refractivity contribution in [1.29, 1.82) is 0 Å². The molecule has 0 N–H and O–H groups in total. The Labute approximate surface area is 117 Å². The highest BCUT2D eigenvalue weighted by atomic mass is 79.9. The van der Waals surface area contributed by atoms with E-state index in [2.05, 4.69) is 15.9 Å². The van der Waals surface area contributed by atoms with E-state index in [-0.39, 0.29) is 16.1 Å². The van der Waals surface area contributed by atoms with E-state index in [0.29, 0.717) is 18.8 Å². The maximum atomic E-state index is 13.6. The van der Waals surface area contributed by atoms with Gasteiger partial charge in [-0.2, -0.15) is 0 Å². The van der Waals surface area contributed by atoms with Gasteiger partial charge in [-0.25, -0.2) is 4.39 Å². The van der Waals surface area contributed by atoms with Crippen LogP contribution in [-0.4, -0.2) is 30.9 Å². The molecular formula is C13H11BrFNO3. The Morgan fingerprint density at radius 3 is 2.89 bits per heavy atom. The Hall–Kier alpha value is -1.27. The van der Waals surface area contributed by atoms with Crippen molar-refractivity contribution in [1.82, 2.24) is 0 Å². The summed E-state index contributed by atoms with van der Waals surface area (Å²) < 4.78 is 19.2. The van der Waals surface area contributed by atoms with Crippen molar-refractivity contribution in [3.05, 3.63) is 28.0 Å². The summed E-state index contributed by atoms with van der Waals surface area (Å²) in [5.74, 6) is -1.68. The summed E-state index contributed by atoms with van der Waals surface area (Å²) in [5.41, 5.74) is 0.586. The van der Waals surface area contributed by atoms with Crippen LogP contribution in [0.2, 0.25) is 0 Å². The first-order valence-electron chi connectivity index (χ1n) is 6.05. The van der Waals surface area contributed by atoms with E-state index < -0.39 is 17.5 Å². The van der Waals surface area contributed by atoms with Crippen LogP contribution in [0.15, 0.2) is 16.6 Å². The number of halogens is 2. The lowest BCUT2D eigenvalue weighted by Gasteiger charge is -2.20. The van der Waals surface area contributed by atoms with Gasteiger partial charge in [-0.3, -0.25) is 9.59 Å². The minimum atomic E-state index is -0.608. The minimum absolute atomic E-state index is 0.0746. The Morgan fingerprint density at radius 2 is 2.21 bits per heavy atom. The van der Waals surface area contributed by atoms with Crippen LogP contribution in [0.25, 0.3) is 0 Å². The van der Waals surface area contributed by atoms with E-state index in [0.717, 1.165) is 12.8 Å². The first kappa shape index (κ1) is 12.7. The number of Topliss-reactive ketones (excluding diaryl/α,β-unsaturated/α-hetero) is 1. The van der Waals surface area contributed by atoms with Gasteiger partial charge in [0.05, 0.1) is 28.4 Å². The molecule has 1 amide bonds. The van der Waals surface area contributed by atoms with E-state index >= 15 is 0 Å². The van der Waals surface area contributed by atoms with Gasteiger partial charge in [0, 0.05) is 6.61 Å². The van der Waals surface area contributed by atoms with Gasteiger partial charge in [-0.1, -0.05) is 0 Å². The van der Waals surface area contributed by atoms with Crippen LogP contribution in [0.4, 0.5) is 10.1 Å². The van der Waals surface area contributed by atoms with Gasteiger partial charge in [-0.05, 0) is 40.9 Å². The number of benzene rings is 1. The van der Waals surface area contributed by atoms with Crippen LogP contribution in [-0.2, 0) is 9.53 Å². The number of carbonyl (C=O) groups is 2. The second-order valence-corrected chi connectivity index (χ2v) is 5.52. The van der Waals surface area contributed by atoms with Gasteiger partial charge in [0.15, 0.2) is 0 Å². The molecule has 1 aromatic rings. The fourth-order valence-corrected chi connectivity index (χ4v) is 2.81. The van der Waals surface area contributed by atoms with E-state index in [1.54, 1.807) is 0 Å². The normalized spacial score (nSPS) is 22.2. The number of hydrogen-bond acceptors (Lipinski definition) is 3. The molecule has 0 spiro atoms. The predicted molar refractivity (Wildman–Crippen MR) is 69.8 cm³/mol. The topological polar surface area (TPSA) is 46.6 Å². The molecular weight excluding hydrogens is 317 g/mol. The maximum absolute atomic E-state index is 13.6. The fraction of sp³-hybridized carbons (Fsp3) is 0.385. The molecule has 2 aliphatic heterocycles. The van der Waals surface area contributed by atoms with Crippen molar-refractivity contribution in [2.45, 2.75) is 18.9 Å². The summed E-state index contributed by atoms with van der Waals surface area (Å²) in [4.78, 5) is 25.1. The van der Waals surface area contributed by atoms with Crippen LogP contribution in [0.1, 0.15) is 23.2 Å². The lowest BCUT2D eigenvalue weighted by Crippen LogP contribution is -2.36. The molecule has 1 fully saturated rings. The molecule has 0 radical (unpaired) electrons. The van der Waals surface area contributed by atoms with Gasteiger partial charge in [-0.15, -0.1) is 0 Å². The summed E-state index contributed by atoms with van der Waals surface area (Å²) in [5, 5.41) is 0. The van der Waals surface area contributed by atoms with Crippen LogP contribution in [0.5, 0.6) is 0 Å². The zero-order valence-corrected chi connectivity index (χ0v) is 11.6. The van der Waals surface area contributed by atoms with Crippen molar-refractivity contribution in [3.63, 3.8) is 0 Å². The first-order valence-corrected chi connectivity index (χ1v) is 6.84. The molecule has 0 bridgehead atoms. The first-order chi connectivity index (χ1) is 9.08. The molecule has 1 atom stereocenters. The predicted octanol–water partition coefficient (Wildman–Crippen LogP) is 2.30. The number of anilines is 1. The molecule has 1 unspecified atom stereocenters. The molecule has 100 valence electrons. The van der Waals surface area contributed by atoms with Gasteiger partial charge in [0.2, 0.25) is 0 Å². The molecule has 4 nitrogen and oxygen atoms in total. The molecule has 0 aromatic heterocycles. The fourth-order valence-electron chi connectivity index (χ4n) is 2.46. The smallest absolute Gasteiger partial charge is 0.299 e. The number of amides is 1. The van der Waals surface area contributed by atoms with Crippen molar-refractivity contribution in [2.24, 2.45) is 0 Å². The van der Waals surface area contributed by atoms with Crippen LogP contribution in [0, 0.1) is 5.82 Å². The molecule has 0 aliphatic carbocycles. The molecule has 3 rings (SSSR count). The van der Waals surface area contributed by atoms with Gasteiger partial charge in [0.1, 0.15) is 5.82 Å². The third-order valence-corrected chi connectivity index (χ3v) is 4.03. The number of ether oxygens (including phenoxy) is 1. The summed E-state index contributed by atoms with van der Waals surface area (Å²) in [7, 11) is 0. The number of ketones is 1. The number of rotatable bonds is 2. The van der Waals surface area contributed by atoms with Gasteiger partial charge < -0.3 is 9.64 Å². The standard InChI is InChI=1S/C13H11BrFNO3/c14-9-4-8-11(5-10(9)15)16(13(18)12(8)17)6-7-2-1-3-19-7/h4-5,7H,1-3,6H2. The number of fused-ring (bicyclic) bond motifs is 1. The molecule has 2 aliphatic rings. The summed E-state index contributed by atoms with van der Waals surface area (Å²) >= 11 is 3.02. The molecule has 2 heterocycles. The van der Waals surface area contributed by atoms with Gasteiger partial charge >= 0.3 is 0 Å². The van der Waals surface area contributed by atoms with Crippen LogP contribution in [0.3, 0.4) is 0 Å². The Kier molecular flexibility index (Phi) is 3.14.